The normalized spacial score (nSPS) is 22.0. The van der Waals surface area contributed by atoms with E-state index in [4.69, 9.17) is 9.47 Å². The van der Waals surface area contributed by atoms with Gasteiger partial charge in [-0.3, -0.25) is 9.59 Å². The maximum atomic E-state index is 12.8. The zero-order chi connectivity index (χ0) is 21.6. The molecule has 2 amide bonds. The summed E-state index contributed by atoms with van der Waals surface area (Å²) in [5.74, 6) is 1.14. The fourth-order valence-electron chi connectivity index (χ4n) is 4.02. The standard InChI is InChI=1S/C24H29N3O4.ClH/c1-2-27-15-23(28)26-21-14-25-10-9-22(21)30-16-18-6-4-8-20(12-18)31-19-7-3-5-17(11-19)13-24(27)29;/h3-8,11-12,21-22,25H,2,9-10,13-16H2,1H3,(H,26,28);1H/t21-,22-;/m0./s1. The highest BCUT2D eigenvalue weighted by Crippen LogP contribution is 2.24. The van der Waals surface area contributed by atoms with E-state index in [1.165, 1.54) is 0 Å². The number of carbonyl (C=O) groups excluding carboxylic acids is 2. The quantitative estimate of drug-likeness (QED) is 0.685. The number of nitrogens with zero attached hydrogens (tertiary/aromatic N) is 1. The van der Waals surface area contributed by atoms with Gasteiger partial charge in [0.25, 0.3) is 0 Å². The van der Waals surface area contributed by atoms with Crippen molar-refractivity contribution in [1.29, 1.82) is 0 Å². The van der Waals surface area contributed by atoms with E-state index < -0.39 is 0 Å². The average Bonchev–Trinajstić information content (AvgIpc) is 2.77. The Morgan fingerprint density at radius 1 is 1.06 bits per heavy atom. The first-order valence-corrected chi connectivity index (χ1v) is 10.9. The molecule has 0 spiro atoms. The minimum Gasteiger partial charge on any atom is -0.457 e. The molecule has 2 aromatic carbocycles. The fourth-order valence-corrected chi connectivity index (χ4v) is 4.02. The smallest absolute Gasteiger partial charge is 0.239 e. The van der Waals surface area contributed by atoms with Crippen molar-refractivity contribution in [1.82, 2.24) is 15.5 Å². The molecule has 172 valence electrons. The van der Waals surface area contributed by atoms with Crippen molar-refractivity contribution in [2.24, 2.45) is 0 Å². The maximum absolute atomic E-state index is 12.8. The van der Waals surface area contributed by atoms with Crippen LogP contribution < -0.4 is 15.4 Å². The number of ether oxygens (including phenoxy) is 2. The van der Waals surface area contributed by atoms with Crippen molar-refractivity contribution in [2.75, 3.05) is 26.2 Å². The van der Waals surface area contributed by atoms with Crippen LogP contribution in [-0.2, 0) is 27.4 Å². The lowest BCUT2D eigenvalue weighted by atomic mass is 10.0. The number of hydrogen-bond donors (Lipinski definition) is 2. The first-order valence-electron chi connectivity index (χ1n) is 10.9. The van der Waals surface area contributed by atoms with Gasteiger partial charge in [0.05, 0.1) is 31.7 Å². The van der Waals surface area contributed by atoms with Gasteiger partial charge in [0.1, 0.15) is 11.5 Å². The molecule has 0 unspecified atom stereocenters. The summed E-state index contributed by atoms with van der Waals surface area (Å²) in [6, 6.07) is 15.2. The average molecular weight is 460 g/mol. The summed E-state index contributed by atoms with van der Waals surface area (Å²) in [6.07, 6.45) is 0.935. The number of halogens is 1. The number of nitrogens with one attached hydrogen (secondary N) is 2. The SMILES string of the molecule is CCN1CC(=O)N[C@H]2CNCC[C@@H]2OCc2cccc(c2)Oc2cccc(c2)CC1=O.Cl. The number of amides is 2. The molecule has 1 fully saturated rings. The third-order valence-electron chi connectivity index (χ3n) is 5.69. The zero-order valence-electron chi connectivity index (χ0n) is 18.2. The number of rotatable bonds is 1. The van der Waals surface area contributed by atoms with Crippen molar-refractivity contribution in [3.63, 3.8) is 0 Å². The molecule has 2 aromatic rings. The van der Waals surface area contributed by atoms with Crippen LogP contribution in [0.3, 0.4) is 0 Å². The molecule has 0 aromatic heterocycles. The molecule has 7 nitrogen and oxygen atoms in total. The Labute approximate surface area is 194 Å². The van der Waals surface area contributed by atoms with E-state index in [0.717, 1.165) is 29.8 Å². The molecular weight excluding hydrogens is 430 g/mol. The largest absolute Gasteiger partial charge is 0.457 e. The van der Waals surface area contributed by atoms with Crippen LogP contribution in [0.4, 0.5) is 0 Å². The first kappa shape index (κ1) is 24.0. The summed E-state index contributed by atoms with van der Waals surface area (Å²) in [5.41, 5.74) is 1.86. The second-order valence-corrected chi connectivity index (χ2v) is 8.00. The molecule has 0 saturated carbocycles. The second-order valence-electron chi connectivity index (χ2n) is 8.00. The Bertz CT molecular complexity index is 939. The summed E-state index contributed by atoms with van der Waals surface area (Å²) in [7, 11) is 0. The lowest BCUT2D eigenvalue weighted by molar-refractivity contribution is -0.136. The van der Waals surface area contributed by atoms with E-state index in [1.54, 1.807) is 4.90 Å². The number of fused-ring (bicyclic) bond motifs is 5. The van der Waals surface area contributed by atoms with Gasteiger partial charge in [-0.05, 0) is 55.3 Å². The lowest BCUT2D eigenvalue weighted by Gasteiger charge is -2.33. The van der Waals surface area contributed by atoms with Crippen LogP contribution >= 0.6 is 12.4 Å². The Kier molecular flexibility index (Phi) is 8.50. The molecule has 8 heteroatoms. The minimum atomic E-state index is -0.166. The summed E-state index contributed by atoms with van der Waals surface area (Å²) < 4.78 is 12.2. The molecule has 2 aliphatic heterocycles. The van der Waals surface area contributed by atoms with Gasteiger partial charge in [-0.15, -0.1) is 12.4 Å². The molecule has 1 saturated heterocycles. The molecule has 2 N–H and O–H groups in total. The van der Waals surface area contributed by atoms with E-state index in [0.29, 0.717) is 25.4 Å². The Balaban J connectivity index is 0.00000289. The Morgan fingerprint density at radius 3 is 2.53 bits per heavy atom. The van der Waals surface area contributed by atoms with Crippen molar-refractivity contribution >= 4 is 24.2 Å². The van der Waals surface area contributed by atoms with Crippen LogP contribution in [0, 0.1) is 0 Å². The van der Waals surface area contributed by atoms with Gasteiger partial charge in [-0.2, -0.15) is 0 Å². The number of piperidine rings is 1. The van der Waals surface area contributed by atoms with Crippen LogP contribution in [0.25, 0.3) is 0 Å². The summed E-state index contributed by atoms with van der Waals surface area (Å²) in [4.78, 5) is 27.1. The third-order valence-corrected chi connectivity index (χ3v) is 5.69. The van der Waals surface area contributed by atoms with Crippen LogP contribution in [0.15, 0.2) is 48.5 Å². The number of carbonyl (C=O) groups is 2. The first-order chi connectivity index (χ1) is 15.1. The topological polar surface area (TPSA) is 79.9 Å². The number of hydrogen-bond acceptors (Lipinski definition) is 5. The van der Waals surface area contributed by atoms with Crippen LogP contribution in [0.2, 0.25) is 0 Å². The lowest BCUT2D eigenvalue weighted by Crippen LogP contribution is -2.56. The highest BCUT2D eigenvalue weighted by atomic mass is 35.5. The predicted molar refractivity (Wildman–Crippen MR) is 124 cm³/mol. The molecule has 2 atom stereocenters. The zero-order valence-corrected chi connectivity index (χ0v) is 19.0. The van der Waals surface area contributed by atoms with E-state index >= 15 is 0 Å². The van der Waals surface area contributed by atoms with Gasteiger partial charge in [-0.25, -0.2) is 0 Å². The molecular formula is C24H30ClN3O4. The second kappa shape index (κ2) is 11.3. The molecule has 2 heterocycles. The molecule has 0 radical (unpaired) electrons. The molecule has 4 rings (SSSR count). The third kappa shape index (κ3) is 6.22. The summed E-state index contributed by atoms with van der Waals surface area (Å²) in [5, 5.41) is 6.38. The van der Waals surface area contributed by atoms with Crippen molar-refractivity contribution in [2.45, 2.75) is 38.5 Å². The Hall–Kier alpha value is -2.61. The van der Waals surface area contributed by atoms with Gasteiger partial charge in [0.15, 0.2) is 0 Å². The van der Waals surface area contributed by atoms with Crippen LogP contribution in [0.1, 0.15) is 24.5 Å². The van der Waals surface area contributed by atoms with Gasteiger partial charge in [-0.1, -0.05) is 24.3 Å². The minimum absolute atomic E-state index is 0. The van der Waals surface area contributed by atoms with E-state index in [2.05, 4.69) is 10.6 Å². The van der Waals surface area contributed by atoms with Gasteiger partial charge in [0.2, 0.25) is 11.8 Å². The van der Waals surface area contributed by atoms with E-state index in [-0.39, 0.29) is 49.3 Å². The number of benzene rings is 2. The number of likely N-dealkylation sites (N-methyl/N-ethyl adjacent to an activating group) is 1. The summed E-state index contributed by atoms with van der Waals surface area (Å²) >= 11 is 0. The van der Waals surface area contributed by atoms with Crippen molar-refractivity contribution in [3.8, 4) is 11.5 Å². The molecule has 2 aliphatic rings. The highest BCUT2D eigenvalue weighted by molar-refractivity contribution is 5.86. The Morgan fingerprint density at radius 2 is 1.78 bits per heavy atom. The van der Waals surface area contributed by atoms with Crippen molar-refractivity contribution in [3.05, 3.63) is 59.7 Å². The fraction of sp³-hybridized carbons (Fsp3) is 0.417. The maximum Gasteiger partial charge on any atom is 0.239 e. The molecule has 32 heavy (non-hydrogen) atoms. The molecule has 0 aliphatic carbocycles. The highest BCUT2D eigenvalue weighted by Gasteiger charge is 2.28. The van der Waals surface area contributed by atoms with Crippen LogP contribution in [-0.4, -0.2) is 55.0 Å². The van der Waals surface area contributed by atoms with Gasteiger partial charge in [0, 0.05) is 13.1 Å². The van der Waals surface area contributed by atoms with Crippen molar-refractivity contribution < 1.29 is 19.1 Å². The van der Waals surface area contributed by atoms with Gasteiger partial charge >= 0.3 is 0 Å². The predicted octanol–water partition coefficient (Wildman–Crippen LogP) is 2.67. The molecule has 4 bridgehead atoms. The monoisotopic (exact) mass is 459 g/mol. The van der Waals surface area contributed by atoms with E-state index in [9.17, 15) is 9.59 Å². The van der Waals surface area contributed by atoms with E-state index in [1.807, 2.05) is 55.5 Å². The van der Waals surface area contributed by atoms with Gasteiger partial charge < -0.3 is 25.0 Å². The van der Waals surface area contributed by atoms with Crippen LogP contribution in [0.5, 0.6) is 11.5 Å². The summed E-state index contributed by atoms with van der Waals surface area (Å²) in [6.45, 7) is 4.31.